The van der Waals surface area contributed by atoms with E-state index < -0.39 is 0 Å². The van der Waals surface area contributed by atoms with Gasteiger partial charge in [-0.2, -0.15) is 0 Å². The van der Waals surface area contributed by atoms with E-state index in [-0.39, 0.29) is 11.8 Å². The lowest BCUT2D eigenvalue weighted by molar-refractivity contribution is -0.125. The highest BCUT2D eigenvalue weighted by atomic mass is 16.5. The van der Waals surface area contributed by atoms with E-state index in [1.54, 1.807) is 0 Å². The Hall–Kier alpha value is -2.82. The fraction of sp³-hybridized carbons (Fsp3) is 0.500. The van der Waals surface area contributed by atoms with Crippen LogP contribution < -0.4 is 10.1 Å². The second kappa shape index (κ2) is 11.4. The molecule has 1 aromatic heterocycles. The number of para-hydroxylation sites is 3. The Labute approximate surface area is 197 Å². The molecule has 1 amide bonds. The maximum atomic E-state index is 12.4. The van der Waals surface area contributed by atoms with Crippen molar-refractivity contribution in [2.24, 2.45) is 5.92 Å². The fourth-order valence-corrected chi connectivity index (χ4v) is 4.96. The first kappa shape index (κ1) is 23.3. The summed E-state index contributed by atoms with van der Waals surface area (Å²) in [6.45, 7) is 6.45. The van der Waals surface area contributed by atoms with Gasteiger partial charge in [0.2, 0.25) is 5.91 Å². The fourth-order valence-electron chi connectivity index (χ4n) is 4.96. The third kappa shape index (κ3) is 5.95. The molecule has 33 heavy (non-hydrogen) atoms. The number of benzene rings is 2. The van der Waals surface area contributed by atoms with Gasteiger partial charge in [0.05, 0.1) is 17.6 Å². The average molecular weight is 448 g/mol. The number of hydrogen-bond donors (Lipinski definition) is 1. The Kier molecular flexibility index (Phi) is 8.03. The van der Waals surface area contributed by atoms with Gasteiger partial charge < -0.3 is 14.6 Å². The number of nitrogens with zero attached hydrogens (tertiary/aromatic N) is 2. The predicted molar refractivity (Wildman–Crippen MR) is 134 cm³/mol. The highest BCUT2D eigenvalue weighted by molar-refractivity contribution is 5.78. The molecule has 0 bridgehead atoms. The smallest absolute Gasteiger partial charge is 0.223 e. The summed E-state index contributed by atoms with van der Waals surface area (Å²) in [5, 5.41) is 3.16. The number of aromatic nitrogens is 2. The van der Waals surface area contributed by atoms with Gasteiger partial charge in [0.15, 0.2) is 0 Å². The maximum absolute atomic E-state index is 12.4. The van der Waals surface area contributed by atoms with Gasteiger partial charge in [-0.05, 0) is 62.8 Å². The third-order valence-electron chi connectivity index (χ3n) is 6.77. The minimum absolute atomic E-state index is 0.222. The molecule has 3 aromatic rings. The minimum Gasteiger partial charge on any atom is -0.493 e. The number of hydrogen-bond acceptors (Lipinski definition) is 3. The van der Waals surface area contributed by atoms with E-state index in [0.717, 1.165) is 55.7 Å². The van der Waals surface area contributed by atoms with Crippen LogP contribution in [0.1, 0.15) is 61.9 Å². The first-order valence-electron chi connectivity index (χ1n) is 12.5. The normalized spacial score (nSPS) is 14.5. The predicted octanol–water partition coefficient (Wildman–Crippen LogP) is 5.75. The Bertz CT molecular complexity index is 1050. The molecule has 0 atom stereocenters. The lowest BCUT2D eigenvalue weighted by Gasteiger charge is -2.20. The molecule has 176 valence electrons. The number of imidazole rings is 1. The summed E-state index contributed by atoms with van der Waals surface area (Å²) in [6, 6.07) is 14.6. The lowest BCUT2D eigenvalue weighted by atomic mass is 9.89. The summed E-state index contributed by atoms with van der Waals surface area (Å²) in [7, 11) is 0. The first-order valence-corrected chi connectivity index (χ1v) is 12.5. The number of fused-ring (bicyclic) bond motifs is 1. The summed E-state index contributed by atoms with van der Waals surface area (Å²) in [5.74, 6) is 2.56. The van der Waals surface area contributed by atoms with Gasteiger partial charge >= 0.3 is 0 Å². The van der Waals surface area contributed by atoms with Crippen molar-refractivity contribution in [1.29, 1.82) is 0 Å². The molecule has 1 N–H and O–H groups in total. The Morgan fingerprint density at radius 2 is 1.79 bits per heavy atom. The standard InChI is InChI=1S/C28H37N3O2/c1-21-11-8-12-22(2)27(21)33-20-10-19-31-25-16-7-6-15-24(25)30-26(31)17-9-18-29-28(32)23-13-4-3-5-14-23/h6-8,11-12,15-16,23H,3-5,9-10,13-14,17-20H2,1-2H3,(H,29,32). The van der Waals surface area contributed by atoms with E-state index in [1.165, 1.54) is 35.9 Å². The van der Waals surface area contributed by atoms with Crippen LogP contribution in [0.5, 0.6) is 5.75 Å². The van der Waals surface area contributed by atoms with Gasteiger partial charge in [0, 0.05) is 25.4 Å². The SMILES string of the molecule is Cc1cccc(C)c1OCCCn1c(CCCNC(=O)C2CCCCC2)nc2ccccc21. The van der Waals surface area contributed by atoms with Crippen molar-refractivity contribution in [2.75, 3.05) is 13.2 Å². The molecule has 1 saturated carbocycles. The first-order chi connectivity index (χ1) is 16.1. The maximum Gasteiger partial charge on any atom is 0.223 e. The van der Waals surface area contributed by atoms with Gasteiger partial charge in [-0.1, -0.05) is 49.6 Å². The van der Waals surface area contributed by atoms with Crippen LogP contribution in [-0.4, -0.2) is 28.6 Å². The lowest BCUT2D eigenvalue weighted by Crippen LogP contribution is -2.32. The molecule has 0 unspecified atom stereocenters. The van der Waals surface area contributed by atoms with Gasteiger partial charge in [0.1, 0.15) is 11.6 Å². The summed E-state index contributed by atoms with van der Waals surface area (Å²) in [6.07, 6.45) is 8.43. The highest BCUT2D eigenvalue weighted by Crippen LogP contribution is 2.24. The van der Waals surface area contributed by atoms with E-state index in [0.29, 0.717) is 13.2 Å². The summed E-state index contributed by atoms with van der Waals surface area (Å²) in [4.78, 5) is 17.3. The quantitative estimate of drug-likeness (QED) is 0.403. The van der Waals surface area contributed by atoms with E-state index in [4.69, 9.17) is 9.72 Å². The number of ether oxygens (including phenoxy) is 1. The molecule has 1 heterocycles. The zero-order chi connectivity index (χ0) is 23.0. The molecule has 2 aromatic carbocycles. The molecule has 1 aliphatic carbocycles. The molecular formula is C28H37N3O2. The topological polar surface area (TPSA) is 56.1 Å². The molecule has 5 nitrogen and oxygen atoms in total. The van der Waals surface area contributed by atoms with Crippen molar-refractivity contribution < 1.29 is 9.53 Å². The Balaban J connectivity index is 1.32. The third-order valence-corrected chi connectivity index (χ3v) is 6.77. The summed E-state index contributed by atoms with van der Waals surface area (Å²) >= 11 is 0. The Morgan fingerprint density at radius 3 is 2.58 bits per heavy atom. The largest absolute Gasteiger partial charge is 0.493 e. The second-order valence-corrected chi connectivity index (χ2v) is 9.32. The van der Waals surface area contributed by atoms with Crippen molar-refractivity contribution in [3.8, 4) is 5.75 Å². The van der Waals surface area contributed by atoms with Gasteiger partial charge in [-0.25, -0.2) is 4.98 Å². The number of rotatable bonds is 10. The monoisotopic (exact) mass is 447 g/mol. The number of amides is 1. The number of aryl methyl sites for hydroxylation is 4. The molecule has 0 spiro atoms. The zero-order valence-corrected chi connectivity index (χ0v) is 20.1. The second-order valence-electron chi connectivity index (χ2n) is 9.32. The van der Waals surface area contributed by atoms with Crippen LogP contribution in [0.15, 0.2) is 42.5 Å². The molecule has 0 radical (unpaired) electrons. The number of carbonyl (C=O) groups excluding carboxylic acids is 1. The van der Waals surface area contributed by atoms with Crippen LogP contribution in [0.4, 0.5) is 0 Å². The van der Waals surface area contributed by atoms with Crippen molar-refractivity contribution in [3.05, 3.63) is 59.4 Å². The average Bonchev–Trinajstić information content (AvgIpc) is 3.19. The molecule has 5 heteroatoms. The van der Waals surface area contributed by atoms with Crippen LogP contribution in [0.2, 0.25) is 0 Å². The van der Waals surface area contributed by atoms with Crippen molar-refractivity contribution in [1.82, 2.24) is 14.9 Å². The van der Waals surface area contributed by atoms with Crippen molar-refractivity contribution >= 4 is 16.9 Å². The van der Waals surface area contributed by atoms with E-state index in [2.05, 4.69) is 60.1 Å². The highest BCUT2D eigenvalue weighted by Gasteiger charge is 2.20. The number of carbonyl (C=O) groups is 1. The zero-order valence-electron chi connectivity index (χ0n) is 20.1. The van der Waals surface area contributed by atoms with Crippen LogP contribution in [0, 0.1) is 19.8 Å². The van der Waals surface area contributed by atoms with Gasteiger partial charge in [0.25, 0.3) is 0 Å². The van der Waals surface area contributed by atoms with Crippen molar-refractivity contribution in [2.45, 2.75) is 71.8 Å². The molecular weight excluding hydrogens is 410 g/mol. The molecule has 1 aliphatic rings. The van der Waals surface area contributed by atoms with Crippen molar-refractivity contribution in [3.63, 3.8) is 0 Å². The van der Waals surface area contributed by atoms with Crippen LogP contribution >= 0.6 is 0 Å². The van der Waals surface area contributed by atoms with Crippen LogP contribution in [-0.2, 0) is 17.8 Å². The number of nitrogens with one attached hydrogen (secondary N) is 1. The van der Waals surface area contributed by atoms with Crippen LogP contribution in [0.3, 0.4) is 0 Å². The van der Waals surface area contributed by atoms with E-state index >= 15 is 0 Å². The molecule has 0 aliphatic heterocycles. The molecule has 0 saturated heterocycles. The molecule has 4 rings (SSSR count). The van der Waals surface area contributed by atoms with E-state index in [1.807, 2.05) is 6.07 Å². The van der Waals surface area contributed by atoms with E-state index in [9.17, 15) is 4.79 Å². The summed E-state index contributed by atoms with van der Waals surface area (Å²) < 4.78 is 8.44. The minimum atomic E-state index is 0.222. The van der Waals surface area contributed by atoms with Gasteiger partial charge in [-0.15, -0.1) is 0 Å². The molecule has 1 fully saturated rings. The van der Waals surface area contributed by atoms with Gasteiger partial charge in [-0.3, -0.25) is 4.79 Å². The Morgan fingerprint density at radius 1 is 1.03 bits per heavy atom. The van der Waals surface area contributed by atoms with Crippen LogP contribution in [0.25, 0.3) is 11.0 Å². The summed E-state index contributed by atoms with van der Waals surface area (Å²) in [5.41, 5.74) is 4.57.